The van der Waals surface area contributed by atoms with Crippen molar-refractivity contribution < 1.29 is 19.1 Å². The number of halogens is 1. The summed E-state index contributed by atoms with van der Waals surface area (Å²) >= 11 is 0. The first kappa shape index (κ1) is 19.2. The van der Waals surface area contributed by atoms with E-state index in [1.54, 1.807) is 12.1 Å². The van der Waals surface area contributed by atoms with Crippen molar-refractivity contribution in [2.45, 2.75) is 32.7 Å². The molecule has 0 aliphatic carbocycles. The van der Waals surface area contributed by atoms with Gasteiger partial charge in [-0.25, -0.2) is 9.18 Å². The van der Waals surface area contributed by atoms with Gasteiger partial charge in [-0.3, -0.25) is 4.79 Å². The molecule has 1 saturated heterocycles. The van der Waals surface area contributed by atoms with Crippen LogP contribution < -0.4 is 10.2 Å². The Morgan fingerprint density at radius 1 is 1.24 bits per heavy atom. The van der Waals surface area contributed by atoms with Crippen molar-refractivity contribution in [2.24, 2.45) is 0 Å². The van der Waals surface area contributed by atoms with Gasteiger partial charge in [0.2, 0.25) is 0 Å². The lowest BCUT2D eigenvalue weighted by atomic mass is 10.1. The number of rotatable bonds is 7. The SMILES string of the molecule is CCCC(NC(=O)c1ccc(N2CCN(CC)CC2)c(F)c1)C(=O)O. The minimum atomic E-state index is -1.08. The number of carboxylic acids is 1. The average molecular weight is 351 g/mol. The number of hydrogen-bond acceptors (Lipinski definition) is 4. The molecule has 2 N–H and O–H groups in total. The summed E-state index contributed by atoms with van der Waals surface area (Å²) in [5.74, 6) is -2.11. The Morgan fingerprint density at radius 3 is 2.44 bits per heavy atom. The molecule has 1 aromatic rings. The van der Waals surface area contributed by atoms with E-state index in [0.29, 0.717) is 18.5 Å². The number of amides is 1. The maximum Gasteiger partial charge on any atom is 0.326 e. The molecular weight excluding hydrogens is 325 g/mol. The van der Waals surface area contributed by atoms with Gasteiger partial charge in [0, 0.05) is 31.7 Å². The molecule has 1 aromatic carbocycles. The number of carbonyl (C=O) groups excluding carboxylic acids is 1. The van der Waals surface area contributed by atoms with Gasteiger partial charge < -0.3 is 20.2 Å². The van der Waals surface area contributed by atoms with Gasteiger partial charge in [-0.1, -0.05) is 20.3 Å². The Balaban J connectivity index is 2.05. The van der Waals surface area contributed by atoms with Crippen LogP contribution in [0.2, 0.25) is 0 Å². The van der Waals surface area contributed by atoms with Gasteiger partial charge in [-0.2, -0.15) is 0 Å². The molecule has 2 rings (SSSR count). The lowest BCUT2D eigenvalue weighted by molar-refractivity contribution is -0.139. The highest BCUT2D eigenvalue weighted by atomic mass is 19.1. The number of carboxylic acid groups (broad SMARTS) is 1. The average Bonchev–Trinajstić information content (AvgIpc) is 2.61. The van der Waals surface area contributed by atoms with Crippen molar-refractivity contribution in [3.63, 3.8) is 0 Å². The first-order chi connectivity index (χ1) is 12.0. The van der Waals surface area contributed by atoms with Crippen LogP contribution in [0, 0.1) is 5.82 Å². The van der Waals surface area contributed by atoms with Crippen molar-refractivity contribution in [2.75, 3.05) is 37.6 Å². The second-order valence-corrected chi connectivity index (χ2v) is 6.24. The molecule has 25 heavy (non-hydrogen) atoms. The summed E-state index contributed by atoms with van der Waals surface area (Å²) in [5, 5.41) is 11.6. The molecule has 0 spiro atoms. The molecule has 0 aromatic heterocycles. The van der Waals surface area contributed by atoms with Crippen LogP contribution >= 0.6 is 0 Å². The number of nitrogens with one attached hydrogen (secondary N) is 1. The van der Waals surface area contributed by atoms with Crippen LogP contribution in [0.15, 0.2) is 18.2 Å². The fraction of sp³-hybridized carbons (Fsp3) is 0.556. The summed E-state index contributed by atoms with van der Waals surface area (Å²) in [6.07, 6.45) is 0.970. The van der Waals surface area contributed by atoms with E-state index < -0.39 is 23.7 Å². The molecule has 1 fully saturated rings. The fourth-order valence-electron chi connectivity index (χ4n) is 3.00. The van der Waals surface area contributed by atoms with Crippen molar-refractivity contribution in [1.29, 1.82) is 0 Å². The summed E-state index contributed by atoms with van der Waals surface area (Å²) in [7, 11) is 0. The van der Waals surface area contributed by atoms with E-state index in [1.165, 1.54) is 6.07 Å². The first-order valence-electron chi connectivity index (χ1n) is 8.76. The van der Waals surface area contributed by atoms with Gasteiger partial charge in [-0.05, 0) is 31.2 Å². The molecule has 1 amide bonds. The van der Waals surface area contributed by atoms with Gasteiger partial charge in [0.25, 0.3) is 5.91 Å². The Hall–Kier alpha value is -2.15. The Bertz CT molecular complexity index is 616. The van der Waals surface area contributed by atoms with Crippen LogP contribution in [0.3, 0.4) is 0 Å². The Kier molecular flexibility index (Phi) is 6.75. The van der Waals surface area contributed by atoms with Gasteiger partial charge in [0.15, 0.2) is 0 Å². The molecule has 1 aliphatic heterocycles. The summed E-state index contributed by atoms with van der Waals surface area (Å²) < 4.78 is 14.5. The largest absolute Gasteiger partial charge is 0.480 e. The topological polar surface area (TPSA) is 72.9 Å². The normalized spacial score (nSPS) is 16.5. The van der Waals surface area contributed by atoms with E-state index in [1.807, 2.05) is 11.8 Å². The zero-order valence-electron chi connectivity index (χ0n) is 14.8. The molecule has 1 heterocycles. The van der Waals surface area contributed by atoms with Crippen LogP contribution in [-0.2, 0) is 4.79 Å². The number of nitrogens with zero attached hydrogens (tertiary/aromatic N) is 2. The van der Waals surface area contributed by atoms with Crippen LogP contribution in [-0.4, -0.2) is 60.6 Å². The number of hydrogen-bond donors (Lipinski definition) is 2. The molecule has 0 bridgehead atoms. The molecule has 7 heteroatoms. The molecule has 1 aliphatic rings. The molecular formula is C18H26FN3O3. The zero-order valence-corrected chi connectivity index (χ0v) is 14.8. The number of anilines is 1. The highest BCUT2D eigenvalue weighted by molar-refractivity contribution is 5.96. The number of carbonyl (C=O) groups is 2. The molecule has 1 atom stereocenters. The number of piperazine rings is 1. The summed E-state index contributed by atoms with van der Waals surface area (Å²) in [6.45, 7) is 8.19. The van der Waals surface area contributed by atoms with E-state index in [4.69, 9.17) is 5.11 Å². The number of likely N-dealkylation sites (N-methyl/N-ethyl adjacent to an activating group) is 1. The maximum absolute atomic E-state index is 14.5. The summed E-state index contributed by atoms with van der Waals surface area (Å²) in [6, 6.07) is 3.37. The van der Waals surface area contributed by atoms with Gasteiger partial charge >= 0.3 is 5.97 Å². The molecule has 1 unspecified atom stereocenters. The van der Waals surface area contributed by atoms with Gasteiger partial charge in [-0.15, -0.1) is 0 Å². The fourth-order valence-corrected chi connectivity index (χ4v) is 3.00. The number of aliphatic carboxylic acids is 1. The predicted octanol–water partition coefficient (Wildman–Crippen LogP) is 1.95. The van der Waals surface area contributed by atoms with Crippen molar-refractivity contribution in [1.82, 2.24) is 10.2 Å². The van der Waals surface area contributed by atoms with Crippen LogP contribution in [0.25, 0.3) is 0 Å². The van der Waals surface area contributed by atoms with Gasteiger partial charge in [0.05, 0.1) is 5.69 Å². The van der Waals surface area contributed by atoms with Crippen molar-refractivity contribution >= 4 is 17.6 Å². The summed E-state index contributed by atoms with van der Waals surface area (Å²) in [4.78, 5) is 27.6. The highest BCUT2D eigenvalue weighted by Crippen LogP contribution is 2.22. The van der Waals surface area contributed by atoms with Gasteiger partial charge in [0.1, 0.15) is 11.9 Å². The minimum absolute atomic E-state index is 0.135. The van der Waals surface area contributed by atoms with E-state index >= 15 is 0 Å². The maximum atomic E-state index is 14.5. The van der Waals surface area contributed by atoms with E-state index in [0.717, 1.165) is 32.7 Å². The summed E-state index contributed by atoms with van der Waals surface area (Å²) in [5.41, 5.74) is 0.617. The highest BCUT2D eigenvalue weighted by Gasteiger charge is 2.22. The molecule has 0 saturated carbocycles. The van der Waals surface area contributed by atoms with Crippen molar-refractivity contribution in [3.05, 3.63) is 29.6 Å². The quantitative estimate of drug-likeness (QED) is 0.786. The molecule has 0 radical (unpaired) electrons. The molecule has 138 valence electrons. The third-order valence-electron chi connectivity index (χ3n) is 4.55. The second kappa shape index (κ2) is 8.80. The zero-order chi connectivity index (χ0) is 18.4. The van der Waals surface area contributed by atoms with Crippen LogP contribution in [0.5, 0.6) is 0 Å². The monoisotopic (exact) mass is 351 g/mol. The Labute approximate surface area is 147 Å². The number of benzene rings is 1. The van der Waals surface area contributed by atoms with Crippen LogP contribution in [0.1, 0.15) is 37.0 Å². The lowest BCUT2D eigenvalue weighted by Crippen LogP contribution is -2.46. The smallest absolute Gasteiger partial charge is 0.326 e. The van der Waals surface area contributed by atoms with E-state index in [2.05, 4.69) is 17.1 Å². The first-order valence-corrected chi connectivity index (χ1v) is 8.76. The van der Waals surface area contributed by atoms with E-state index in [9.17, 15) is 14.0 Å². The molecule has 6 nitrogen and oxygen atoms in total. The predicted molar refractivity (Wildman–Crippen MR) is 94.5 cm³/mol. The third-order valence-corrected chi connectivity index (χ3v) is 4.55. The van der Waals surface area contributed by atoms with E-state index in [-0.39, 0.29) is 5.56 Å². The Morgan fingerprint density at radius 2 is 1.92 bits per heavy atom. The van der Waals surface area contributed by atoms with Crippen molar-refractivity contribution in [3.8, 4) is 0 Å². The third kappa shape index (κ3) is 4.92. The minimum Gasteiger partial charge on any atom is -0.480 e. The standard InChI is InChI=1S/C18H26FN3O3/c1-3-5-15(18(24)25)20-17(23)13-6-7-16(14(19)12-13)22-10-8-21(4-2)9-11-22/h6-7,12,15H,3-5,8-11H2,1-2H3,(H,20,23)(H,24,25). The second-order valence-electron chi connectivity index (χ2n) is 6.24. The lowest BCUT2D eigenvalue weighted by Gasteiger charge is -2.35. The van der Waals surface area contributed by atoms with Crippen LogP contribution in [0.4, 0.5) is 10.1 Å².